The maximum Gasteiger partial charge on any atom is 0.0472 e. The molecule has 1 fully saturated rings. The molecule has 0 radical (unpaired) electrons. The van der Waals surface area contributed by atoms with Crippen molar-refractivity contribution in [3.05, 3.63) is 29.6 Å². The fraction of sp³-hybridized carbons (Fsp3) is 0.615. The van der Waals surface area contributed by atoms with Crippen molar-refractivity contribution in [2.24, 2.45) is 0 Å². The predicted octanol–water partition coefficient (Wildman–Crippen LogP) is 3.10. The number of ether oxygens (including phenoxy) is 1. The summed E-state index contributed by atoms with van der Waals surface area (Å²) in [6.07, 6.45) is 4.16. The Morgan fingerprint density at radius 3 is 2.73 bits per heavy atom. The zero-order valence-electron chi connectivity index (χ0n) is 9.57. The lowest BCUT2D eigenvalue weighted by Crippen LogP contribution is -2.16. The summed E-state index contributed by atoms with van der Waals surface area (Å²) in [5.74, 6) is 1.17. The Morgan fingerprint density at radius 2 is 2.07 bits per heavy atom. The van der Waals surface area contributed by atoms with Crippen molar-refractivity contribution in [1.29, 1.82) is 0 Å². The van der Waals surface area contributed by atoms with Gasteiger partial charge in [0.1, 0.15) is 0 Å². The summed E-state index contributed by atoms with van der Waals surface area (Å²) in [6.45, 7) is 6.25. The summed E-state index contributed by atoms with van der Waals surface area (Å²) in [6, 6.07) is 4.25. The van der Waals surface area contributed by atoms with E-state index in [2.05, 4.69) is 24.9 Å². The third-order valence-corrected chi connectivity index (χ3v) is 3.10. The Kier molecular flexibility index (Phi) is 3.37. The van der Waals surface area contributed by atoms with E-state index in [1.165, 1.54) is 11.3 Å². The van der Waals surface area contributed by atoms with E-state index in [1.54, 1.807) is 0 Å². The first-order chi connectivity index (χ1) is 7.29. The number of nitrogens with zero attached hydrogens (tertiary/aromatic N) is 1. The fourth-order valence-corrected chi connectivity index (χ4v) is 2.23. The molecular formula is C13H19NO. The lowest BCUT2D eigenvalue weighted by atomic mass is 9.89. The maximum absolute atomic E-state index is 5.39. The zero-order chi connectivity index (χ0) is 10.7. The smallest absolute Gasteiger partial charge is 0.0472 e. The van der Waals surface area contributed by atoms with Crippen LogP contribution in [0.15, 0.2) is 18.3 Å². The molecule has 0 aromatic carbocycles. The Labute approximate surface area is 91.7 Å². The molecule has 0 saturated carbocycles. The van der Waals surface area contributed by atoms with E-state index in [-0.39, 0.29) is 0 Å². The number of hydrogen-bond acceptors (Lipinski definition) is 2. The molecule has 1 aliphatic rings. The maximum atomic E-state index is 5.39. The molecule has 0 N–H and O–H groups in total. The normalized spacial score (nSPS) is 18.3. The number of hydrogen-bond donors (Lipinski definition) is 0. The minimum atomic E-state index is 0.566. The second kappa shape index (κ2) is 4.75. The molecule has 2 rings (SSSR count). The van der Waals surface area contributed by atoms with Crippen molar-refractivity contribution in [2.75, 3.05) is 13.2 Å². The van der Waals surface area contributed by atoms with Gasteiger partial charge in [-0.2, -0.15) is 0 Å². The number of pyridine rings is 1. The molecule has 0 amide bonds. The van der Waals surface area contributed by atoms with Gasteiger partial charge >= 0.3 is 0 Å². The molecule has 0 aliphatic carbocycles. The van der Waals surface area contributed by atoms with Crippen LogP contribution in [0.5, 0.6) is 0 Å². The van der Waals surface area contributed by atoms with Crippen molar-refractivity contribution < 1.29 is 4.74 Å². The second-order valence-electron chi connectivity index (χ2n) is 4.52. The molecule has 0 bridgehead atoms. The number of aromatic nitrogens is 1. The summed E-state index contributed by atoms with van der Waals surface area (Å²) >= 11 is 0. The van der Waals surface area contributed by atoms with E-state index >= 15 is 0 Å². The van der Waals surface area contributed by atoms with Crippen LogP contribution in [0.4, 0.5) is 0 Å². The van der Waals surface area contributed by atoms with Gasteiger partial charge in [-0.05, 0) is 30.4 Å². The third-order valence-electron chi connectivity index (χ3n) is 3.10. The van der Waals surface area contributed by atoms with Gasteiger partial charge in [0, 0.05) is 31.0 Å². The van der Waals surface area contributed by atoms with Crippen LogP contribution in [0.2, 0.25) is 0 Å². The summed E-state index contributed by atoms with van der Waals surface area (Å²) in [5.41, 5.74) is 2.71. The predicted molar refractivity (Wildman–Crippen MR) is 61.1 cm³/mol. The highest BCUT2D eigenvalue weighted by Crippen LogP contribution is 2.30. The Bertz CT molecular complexity index is 316. The van der Waals surface area contributed by atoms with Gasteiger partial charge in [0.25, 0.3) is 0 Å². The van der Waals surface area contributed by atoms with Gasteiger partial charge in [-0.1, -0.05) is 19.9 Å². The molecule has 1 aliphatic heterocycles. The van der Waals surface area contributed by atoms with Gasteiger partial charge in [-0.15, -0.1) is 0 Å². The lowest BCUT2D eigenvalue weighted by Gasteiger charge is -2.24. The average molecular weight is 205 g/mol. The van der Waals surface area contributed by atoms with Crippen LogP contribution in [-0.2, 0) is 4.74 Å². The minimum absolute atomic E-state index is 0.566. The van der Waals surface area contributed by atoms with Crippen molar-refractivity contribution in [3.63, 3.8) is 0 Å². The molecule has 1 saturated heterocycles. The van der Waals surface area contributed by atoms with Gasteiger partial charge in [0.2, 0.25) is 0 Å². The van der Waals surface area contributed by atoms with Crippen molar-refractivity contribution in [1.82, 2.24) is 4.98 Å². The molecule has 82 valence electrons. The van der Waals surface area contributed by atoms with Crippen molar-refractivity contribution in [2.45, 2.75) is 38.5 Å². The summed E-state index contributed by atoms with van der Waals surface area (Å²) in [4.78, 5) is 4.57. The minimum Gasteiger partial charge on any atom is -0.381 e. The Hall–Kier alpha value is -0.890. The third kappa shape index (κ3) is 2.37. The highest BCUT2D eigenvalue weighted by molar-refractivity contribution is 5.26. The molecule has 1 aromatic heterocycles. The van der Waals surface area contributed by atoms with Crippen LogP contribution in [0, 0.1) is 0 Å². The van der Waals surface area contributed by atoms with Crippen molar-refractivity contribution >= 4 is 0 Å². The molecule has 15 heavy (non-hydrogen) atoms. The van der Waals surface area contributed by atoms with Gasteiger partial charge in [-0.3, -0.25) is 4.98 Å². The van der Waals surface area contributed by atoms with Crippen LogP contribution in [-0.4, -0.2) is 18.2 Å². The SMILES string of the molecule is CC(C)c1cccnc1C1CCOCC1. The van der Waals surface area contributed by atoms with E-state index < -0.39 is 0 Å². The summed E-state index contributed by atoms with van der Waals surface area (Å²) < 4.78 is 5.39. The van der Waals surface area contributed by atoms with Crippen LogP contribution in [0.25, 0.3) is 0 Å². The topological polar surface area (TPSA) is 22.1 Å². The molecule has 0 atom stereocenters. The molecule has 2 heterocycles. The van der Waals surface area contributed by atoms with Crippen molar-refractivity contribution in [3.8, 4) is 0 Å². The Balaban J connectivity index is 2.25. The van der Waals surface area contributed by atoms with Gasteiger partial charge in [0.15, 0.2) is 0 Å². The lowest BCUT2D eigenvalue weighted by molar-refractivity contribution is 0.0842. The quantitative estimate of drug-likeness (QED) is 0.740. The van der Waals surface area contributed by atoms with E-state index in [0.717, 1.165) is 26.1 Å². The monoisotopic (exact) mass is 205 g/mol. The molecule has 1 aromatic rings. The first-order valence-corrected chi connectivity index (χ1v) is 5.81. The van der Waals surface area contributed by atoms with E-state index in [1.807, 2.05) is 12.3 Å². The van der Waals surface area contributed by atoms with E-state index in [0.29, 0.717) is 11.8 Å². The van der Waals surface area contributed by atoms with Crippen LogP contribution in [0.3, 0.4) is 0 Å². The molecule has 0 spiro atoms. The summed E-state index contributed by atoms with van der Waals surface area (Å²) in [5, 5.41) is 0. The fourth-order valence-electron chi connectivity index (χ4n) is 2.23. The highest BCUT2D eigenvalue weighted by Gasteiger charge is 2.20. The average Bonchev–Trinajstić information content (AvgIpc) is 2.30. The van der Waals surface area contributed by atoms with Crippen LogP contribution in [0.1, 0.15) is 49.8 Å². The summed E-state index contributed by atoms with van der Waals surface area (Å²) in [7, 11) is 0. The molecule has 2 heteroatoms. The van der Waals surface area contributed by atoms with Gasteiger partial charge in [-0.25, -0.2) is 0 Å². The first kappa shape index (κ1) is 10.6. The van der Waals surface area contributed by atoms with Crippen LogP contribution >= 0.6 is 0 Å². The molecular weight excluding hydrogens is 186 g/mol. The zero-order valence-corrected chi connectivity index (χ0v) is 9.57. The standard InChI is InChI=1S/C13H19NO/c1-10(2)12-4-3-7-14-13(12)11-5-8-15-9-6-11/h3-4,7,10-11H,5-6,8-9H2,1-2H3. The van der Waals surface area contributed by atoms with Gasteiger partial charge in [0.05, 0.1) is 0 Å². The highest BCUT2D eigenvalue weighted by atomic mass is 16.5. The molecule has 2 nitrogen and oxygen atoms in total. The number of rotatable bonds is 2. The van der Waals surface area contributed by atoms with E-state index in [4.69, 9.17) is 4.74 Å². The van der Waals surface area contributed by atoms with Gasteiger partial charge < -0.3 is 4.74 Å². The molecule has 0 unspecified atom stereocenters. The van der Waals surface area contributed by atoms with E-state index in [9.17, 15) is 0 Å². The first-order valence-electron chi connectivity index (χ1n) is 5.81. The van der Waals surface area contributed by atoms with Crippen LogP contribution < -0.4 is 0 Å². The Morgan fingerprint density at radius 1 is 1.33 bits per heavy atom. The second-order valence-corrected chi connectivity index (χ2v) is 4.52. The largest absolute Gasteiger partial charge is 0.381 e.